The van der Waals surface area contributed by atoms with Crippen molar-refractivity contribution in [3.05, 3.63) is 45.8 Å². The summed E-state index contributed by atoms with van der Waals surface area (Å²) >= 11 is 1.69. The van der Waals surface area contributed by atoms with Crippen molar-refractivity contribution in [1.82, 2.24) is 15.2 Å². The lowest BCUT2D eigenvalue weighted by molar-refractivity contribution is 0.207. The lowest BCUT2D eigenvalue weighted by atomic mass is 10.2. The minimum atomic E-state index is -0.0607. The van der Waals surface area contributed by atoms with Gasteiger partial charge in [-0.2, -0.15) is 0 Å². The number of hydrogen-bond donors (Lipinski definition) is 1. The number of carbonyl (C=O) groups is 1. The summed E-state index contributed by atoms with van der Waals surface area (Å²) in [4.78, 5) is 22.2. The van der Waals surface area contributed by atoms with Crippen LogP contribution in [0.15, 0.2) is 29.8 Å². The number of carbonyl (C=O) groups excluding carboxylic acids is 1. The van der Waals surface area contributed by atoms with Crippen molar-refractivity contribution in [2.75, 3.05) is 25.0 Å². The van der Waals surface area contributed by atoms with Crippen LogP contribution >= 0.6 is 11.3 Å². The molecule has 6 heteroatoms. The van der Waals surface area contributed by atoms with Crippen molar-refractivity contribution in [3.63, 3.8) is 0 Å². The number of nitrogens with one attached hydrogen (secondary N) is 1. The van der Waals surface area contributed by atoms with Crippen molar-refractivity contribution in [2.45, 2.75) is 45.7 Å². The minimum absolute atomic E-state index is 0.0607. The molecule has 0 atom stereocenters. The molecule has 1 fully saturated rings. The Bertz CT molecular complexity index is 705. The van der Waals surface area contributed by atoms with Crippen molar-refractivity contribution in [3.8, 4) is 0 Å². The molecule has 0 spiro atoms. The summed E-state index contributed by atoms with van der Waals surface area (Å²) in [7, 11) is 1.83. The van der Waals surface area contributed by atoms with Crippen LogP contribution in [-0.4, -0.2) is 36.1 Å². The number of pyridine rings is 1. The summed E-state index contributed by atoms with van der Waals surface area (Å²) < 4.78 is 0. The van der Waals surface area contributed by atoms with Gasteiger partial charge in [-0.25, -0.2) is 9.78 Å². The number of aromatic nitrogens is 1. The van der Waals surface area contributed by atoms with E-state index in [2.05, 4.69) is 45.7 Å². The van der Waals surface area contributed by atoms with Gasteiger partial charge >= 0.3 is 6.03 Å². The predicted octanol–water partition coefficient (Wildman–Crippen LogP) is 4.17. The highest BCUT2D eigenvalue weighted by Crippen LogP contribution is 2.18. The Kier molecular flexibility index (Phi) is 6.50. The molecule has 3 heterocycles. The number of nitrogens with zero attached hydrogens (tertiary/aromatic N) is 3. The molecule has 0 aromatic carbocycles. The molecule has 140 valence electrons. The lowest BCUT2D eigenvalue weighted by Crippen LogP contribution is -2.36. The van der Waals surface area contributed by atoms with Gasteiger partial charge in [0.05, 0.1) is 6.54 Å². The van der Waals surface area contributed by atoms with Gasteiger partial charge < -0.3 is 15.1 Å². The Labute approximate surface area is 160 Å². The topological polar surface area (TPSA) is 48.5 Å². The van der Waals surface area contributed by atoms with Crippen LogP contribution in [0.25, 0.3) is 0 Å². The standard InChI is InChI=1S/C20H28N4OS/c1-16-9-12-26-18(16)15-23(2)20(25)22-14-17-7-8-19(21-13-17)24-10-5-3-4-6-11-24/h7-9,12-13H,3-6,10-11,14-15H2,1-2H3,(H,22,25). The maximum Gasteiger partial charge on any atom is 0.317 e. The Hall–Kier alpha value is -2.08. The van der Waals surface area contributed by atoms with E-state index in [0.717, 1.165) is 24.5 Å². The molecule has 2 aromatic heterocycles. The molecule has 1 aliphatic heterocycles. The number of hydrogen-bond acceptors (Lipinski definition) is 4. The number of rotatable bonds is 5. The van der Waals surface area contributed by atoms with Gasteiger partial charge in [-0.05, 0) is 48.4 Å². The molecule has 0 bridgehead atoms. The van der Waals surface area contributed by atoms with Crippen molar-refractivity contribution in [1.29, 1.82) is 0 Å². The molecule has 0 radical (unpaired) electrons. The minimum Gasteiger partial charge on any atom is -0.357 e. The van der Waals surface area contributed by atoms with Crippen molar-refractivity contribution < 1.29 is 4.79 Å². The number of amides is 2. The zero-order chi connectivity index (χ0) is 18.4. The van der Waals surface area contributed by atoms with Gasteiger partial charge in [0, 0.05) is 37.8 Å². The van der Waals surface area contributed by atoms with Crippen LogP contribution in [0.2, 0.25) is 0 Å². The van der Waals surface area contributed by atoms with Crippen molar-refractivity contribution in [2.24, 2.45) is 0 Å². The second kappa shape index (κ2) is 9.03. The molecule has 0 aliphatic carbocycles. The molecule has 0 unspecified atom stereocenters. The first-order valence-corrected chi connectivity index (χ1v) is 10.2. The molecule has 2 aromatic rings. The van der Waals surface area contributed by atoms with Gasteiger partial charge in [-0.15, -0.1) is 11.3 Å². The van der Waals surface area contributed by atoms with Gasteiger partial charge in [-0.1, -0.05) is 18.9 Å². The second-order valence-electron chi connectivity index (χ2n) is 6.97. The molecule has 5 nitrogen and oxygen atoms in total. The van der Waals surface area contributed by atoms with E-state index in [0.29, 0.717) is 13.1 Å². The highest BCUT2D eigenvalue weighted by atomic mass is 32.1. The Morgan fingerprint density at radius 3 is 2.62 bits per heavy atom. The molecule has 3 rings (SSSR count). The fourth-order valence-corrected chi connectivity index (χ4v) is 4.13. The van der Waals surface area contributed by atoms with E-state index >= 15 is 0 Å². The largest absolute Gasteiger partial charge is 0.357 e. The molecule has 26 heavy (non-hydrogen) atoms. The van der Waals surface area contributed by atoms with Crippen LogP contribution in [0, 0.1) is 6.92 Å². The first kappa shape index (κ1) is 18.7. The van der Waals surface area contributed by atoms with Crippen molar-refractivity contribution >= 4 is 23.2 Å². The van der Waals surface area contributed by atoms with E-state index in [1.165, 1.54) is 36.1 Å². The number of aryl methyl sites for hydroxylation is 1. The van der Waals surface area contributed by atoms with Gasteiger partial charge in [0.25, 0.3) is 0 Å². The van der Waals surface area contributed by atoms with Crippen LogP contribution in [0.4, 0.5) is 10.6 Å². The molecular formula is C20H28N4OS. The summed E-state index contributed by atoms with van der Waals surface area (Å²) in [5.41, 5.74) is 2.26. The van der Waals surface area contributed by atoms with E-state index in [4.69, 9.17) is 0 Å². The second-order valence-corrected chi connectivity index (χ2v) is 7.97. The van der Waals surface area contributed by atoms with Gasteiger partial charge in [0.1, 0.15) is 5.82 Å². The monoisotopic (exact) mass is 372 g/mol. The third-order valence-corrected chi connectivity index (χ3v) is 5.89. The maximum atomic E-state index is 12.3. The average Bonchev–Trinajstić information content (AvgIpc) is 2.89. The smallest absolute Gasteiger partial charge is 0.317 e. The summed E-state index contributed by atoms with van der Waals surface area (Å²) in [6.07, 6.45) is 7.01. The van der Waals surface area contributed by atoms with E-state index in [-0.39, 0.29) is 6.03 Å². The molecule has 1 N–H and O–H groups in total. The fourth-order valence-electron chi connectivity index (χ4n) is 3.17. The summed E-state index contributed by atoms with van der Waals surface area (Å²) in [6.45, 7) is 5.41. The molecular weight excluding hydrogens is 344 g/mol. The van der Waals surface area contributed by atoms with E-state index in [1.54, 1.807) is 16.2 Å². The Balaban J connectivity index is 1.49. The first-order chi connectivity index (χ1) is 12.6. The van der Waals surface area contributed by atoms with Gasteiger partial charge in [0.15, 0.2) is 0 Å². The van der Waals surface area contributed by atoms with Gasteiger partial charge in [-0.3, -0.25) is 0 Å². The van der Waals surface area contributed by atoms with E-state index in [9.17, 15) is 4.79 Å². The Morgan fingerprint density at radius 1 is 1.23 bits per heavy atom. The zero-order valence-corrected chi connectivity index (χ0v) is 16.5. The van der Waals surface area contributed by atoms with Crippen LogP contribution in [-0.2, 0) is 13.1 Å². The predicted molar refractivity (Wildman–Crippen MR) is 108 cm³/mol. The lowest BCUT2D eigenvalue weighted by Gasteiger charge is -2.21. The Morgan fingerprint density at radius 2 is 2.00 bits per heavy atom. The summed E-state index contributed by atoms with van der Waals surface area (Å²) in [5.74, 6) is 1.05. The summed E-state index contributed by atoms with van der Waals surface area (Å²) in [5, 5.41) is 5.04. The highest BCUT2D eigenvalue weighted by molar-refractivity contribution is 7.10. The molecule has 1 saturated heterocycles. The van der Waals surface area contributed by atoms with E-state index in [1.807, 2.05) is 13.2 Å². The SMILES string of the molecule is Cc1ccsc1CN(C)C(=O)NCc1ccc(N2CCCCCC2)nc1. The average molecular weight is 373 g/mol. The van der Waals surface area contributed by atoms with Gasteiger partial charge in [0.2, 0.25) is 0 Å². The summed E-state index contributed by atoms with van der Waals surface area (Å²) in [6, 6.07) is 6.17. The molecule has 0 saturated carbocycles. The van der Waals surface area contributed by atoms with E-state index < -0.39 is 0 Å². The van der Waals surface area contributed by atoms with Crippen LogP contribution < -0.4 is 10.2 Å². The normalized spacial score (nSPS) is 14.8. The number of thiophene rings is 1. The zero-order valence-electron chi connectivity index (χ0n) is 15.7. The third-order valence-electron chi connectivity index (χ3n) is 4.88. The number of urea groups is 1. The van der Waals surface area contributed by atoms with Crippen LogP contribution in [0.3, 0.4) is 0 Å². The van der Waals surface area contributed by atoms with Crippen LogP contribution in [0.1, 0.15) is 41.7 Å². The molecule has 2 amide bonds. The maximum absolute atomic E-state index is 12.3. The number of anilines is 1. The fraction of sp³-hybridized carbons (Fsp3) is 0.500. The van der Waals surface area contributed by atoms with Crippen LogP contribution in [0.5, 0.6) is 0 Å². The highest BCUT2D eigenvalue weighted by Gasteiger charge is 2.12. The first-order valence-electron chi connectivity index (χ1n) is 9.35. The third kappa shape index (κ3) is 4.97. The quantitative estimate of drug-likeness (QED) is 0.857. The molecule has 1 aliphatic rings.